The van der Waals surface area contributed by atoms with Crippen molar-refractivity contribution in [2.24, 2.45) is 11.7 Å². The minimum absolute atomic E-state index is 0.0379. The molecule has 2 rings (SSSR count). The molecule has 1 fully saturated rings. The van der Waals surface area contributed by atoms with Crippen LogP contribution < -0.4 is 5.73 Å². The third-order valence-corrected chi connectivity index (χ3v) is 2.50. The molecule has 4 nitrogen and oxygen atoms in total. The smallest absolute Gasteiger partial charge is 0.172 e. The summed E-state index contributed by atoms with van der Waals surface area (Å²) in [5.74, 6) is -1.36. The molecule has 80 valence electrons. The van der Waals surface area contributed by atoms with Crippen LogP contribution in [0.15, 0.2) is 18.5 Å². The number of halogens is 1. The average Bonchev–Trinajstić information content (AvgIpc) is 2.64. The van der Waals surface area contributed by atoms with E-state index in [-0.39, 0.29) is 24.0 Å². The summed E-state index contributed by atoms with van der Waals surface area (Å²) in [5, 5.41) is 0. The maximum Gasteiger partial charge on any atom is 0.172 e. The van der Waals surface area contributed by atoms with E-state index in [1.54, 1.807) is 0 Å². The number of ether oxygens (including phenoxy) is 1. The molecule has 15 heavy (non-hydrogen) atoms. The summed E-state index contributed by atoms with van der Waals surface area (Å²) < 4.78 is 18.3. The number of carbonyl (C=O) groups is 1. The van der Waals surface area contributed by atoms with Gasteiger partial charge in [-0.2, -0.15) is 0 Å². The van der Waals surface area contributed by atoms with Crippen molar-refractivity contribution in [2.45, 2.75) is 6.04 Å². The van der Waals surface area contributed by atoms with E-state index in [0.717, 1.165) is 6.20 Å². The Morgan fingerprint density at radius 2 is 2.40 bits per heavy atom. The fourth-order valence-electron chi connectivity index (χ4n) is 1.62. The zero-order valence-electron chi connectivity index (χ0n) is 8.02. The van der Waals surface area contributed by atoms with Gasteiger partial charge in [0.25, 0.3) is 0 Å². The van der Waals surface area contributed by atoms with Crippen molar-refractivity contribution in [1.29, 1.82) is 0 Å². The summed E-state index contributed by atoms with van der Waals surface area (Å²) in [7, 11) is 0. The van der Waals surface area contributed by atoms with Crippen molar-refractivity contribution in [2.75, 3.05) is 13.2 Å². The lowest BCUT2D eigenvalue weighted by atomic mass is 9.94. The summed E-state index contributed by atoms with van der Waals surface area (Å²) >= 11 is 0. The molecule has 5 heteroatoms. The topological polar surface area (TPSA) is 65.2 Å². The SMILES string of the molecule is NC1COCC1C(=O)c1ccncc1F. The van der Waals surface area contributed by atoms with Gasteiger partial charge in [-0.05, 0) is 6.07 Å². The Morgan fingerprint density at radius 3 is 3.00 bits per heavy atom. The number of hydrogen-bond donors (Lipinski definition) is 1. The van der Waals surface area contributed by atoms with Gasteiger partial charge in [0, 0.05) is 12.2 Å². The Kier molecular flexibility index (Phi) is 2.75. The molecule has 1 aromatic rings. The molecule has 0 radical (unpaired) electrons. The summed E-state index contributed by atoms with van der Waals surface area (Å²) in [4.78, 5) is 15.4. The molecule has 2 unspecified atom stereocenters. The lowest BCUT2D eigenvalue weighted by Gasteiger charge is -2.11. The monoisotopic (exact) mass is 210 g/mol. The molecule has 0 spiro atoms. The van der Waals surface area contributed by atoms with E-state index in [0.29, 0.717) is 6.61 Å². The van der Waals surface area contributed by atoms with Crippen LogP contribution in [0.3, 0.4) is 0 Å². The molecule has 1 aliphatic heterocycles. The summed E-state index contributed by atoms with van der Waals surface area (Å²) in [6.07, 6.45) is 2.41. The molecule has 1 aliphatic rings. The zero-order valence-corrected chi connectivity index (χ0v) is 8.02. The number of pyridine rings is 1. The van der Waals surface area contributed by atoms with E-state index >= 15 is 0 Å². The highest BCUT2D eigenvalue weighted by Crippen LogP contribution is 2.19. The van der Waals surface area contributed by atoms with Gasteiger partial charge in [-0.3, -0.25) is 9.78 Å². The van der Waals surface area contributed by atoms with Gasteiger partial charge < -0.3 is 10.5 Å². The lowest BCUT2D eigenvalue weighted by Crippen LogP contribution is -2.34. The van der Waals surface area contributed by atoms with E-state index in [1.165, 1.54) is 12.3 Å². The van der Waals surface area contributed by atoms with Gasteiger partial charge >= 0.3 is 0 Å². The van der Waals surface area contributed by atoms with Gasteiger partial charge in [0.05, 0.1) is 30.9 Å². The number of carbonyl (C=O) groups excluding carboxylic acids is 1. The Morgan fingerprint density at radius 1 is 1.60 bits per heavy atom. The first-order valence-corrected chi connectivity index (χ1v) is 4.67. The van der Waals surface area contributed by atoms with E-state index in [2.05, 4.69) is 4.98 Å². The fraction of sp³-hybridized carbons (Fsp3) is 0.400. The van der Waals surface area contributed by atoms with Crippen molar-refractivity contribution in [3.05, 3.63) is 29.8 Å². The third-order valence-electron chi connectivity index (χ3n) is 2.50. The van der Waals surface area contributed by atoms with E-state index in [9.17, 15) is 9.18 Å². The van der Waals surface area contributed by atoms with Crippen LogP contribution in [0.5, 0.6) is 0 Å². The quantitative estimate of drug-likeness (QED) is 0.716. The van der Waals surface area contributed by atoms with Crippen LogP contribution in [0.4, 0.5) is 4.39 Å². The summed E-state index contributed by atoms with van der Waals surface area (Å²) in [6, 6.07) is 1.02. The Labute approximate surface area is 86.3 Å². The number of rotatable bonds is 2. The van der Waals surface area contributed by atoms with Gasteiger partial charge in [-0.1, -0.05) is 0 Å². The number of nitrogens with two attached hydrogens (primary N) is 1. The van der Waals surface area contributed by atoms with Crippen LogP contribution in [0.1, 0.15) is 10.4 Å². The van der Waals surface area contributed by atoms with Crippen LogP contribution >= 0.6 is 0 Å². The first-order chi connectivity index (χ1) is 7.20. The lowest BCUT2D eigenvalue weighted by molar-refractivity contribution is 0.0891. The molecule has 2 N–H and O–H groups in total. The minimum atomic E-state index is -0.610. The van der Waals surface area contributed by atoms with Crippen LogP contribution in [0.25, 0.3) is 0 Å². The highest BCUT2D eigenvalue weighted by atomic mass is 19.1. The molecule has 1 saturated heterocycles. The van der Waals surface area contributed by atoms with E-state index in [1.807, 2.05) is 0 Å². The normalized spacial score (nSPS) is 25.5. The Bertz CT molecular complexity index is 383. The Hall–Kier alpha value is -1.33. The van der Waals surface area contributed by atoms with Gasteiger partial charge in [0.2, 0.25) is 0 Å². The molecule has 0 bridgehead atoms. The summed E-state index contributed by atoms with van der Waals surface area (Å²) in [5.41, 5.74) is 5.72. The first-order valence-electron chi connectivity index (χ1n) is 4.67. The zero-order chi connectivity index (χ0) is 10.8. The second kappa shape index (κ2) is 4.04. The predicted molar refractivity (Wildman–Crippen MR) is 50.8 cm³/mol. The molecule has 2 heterocycles. The molecule has 2 atom stereocenters. The van der Waals surface area contributed by atoms with Crippen molar-refractivity contribution < 1.29 is 13.9 Å². The predicted octanol–water partition coefficient (Wildman–Crippen LogP) is 0.377. The molecular weight excluding hydrogens is 199 g/mol. The van der Waals surface area contributed by atoms with Crippen LogP contribution in [-0.2, 0) is 4.74 Å². The number of hydrogen-bond acceptors (Lipinski definition) is 4. The average molecular weight is 210 g/mol. The molecule has 1 aromatic heterocycles. The molecule has 0 aromatic carbocycles. The maximum absolute atomic E-state index is 13.3. The second-order valence-corrected chi connectivity index (χ2v) is 3.53. The van der Waals surface area contributed by atoms with Crippen molar-refractivity contribution >= 4 is 5.78 Å². The van der Waals surface area contributed by atoms with Gasteiger partial charge in [-0.25, -0.2) is 4.39 Å². The van der Waals surface area contributed by atoms with Crippen molar-refractivity contribution in [1.82, 2.24) is 4.98 Å². The number of Topliss-reactive ketones (excluding diaryl/α,β-unsaturated/α-hetero) is 1. The molecule has 0 aliphatic carbocycles. The van der Waals surface area contributed by atoms with Crippen LogP contribution in [-0.4, -0.2) is 30.0 Å². The van der Waals surface area contributed by atoms with Gasteiger partial charge in [0.1, 0.15) is 0 Å². The summed E-state index contributed by atoms with van der Waals surface area (Å²) in [6.45, 7) is 0.616. The third kappa shape index (κ3) is 1.88. The van der Waals surface area contributed by atoms with Crippen molar-refractivity contribution in [3.63, 3.8) is 0 Å². The van der Waals surface area contributed by atoms with Gasteiger partial charge in [-0.15, -0.1) is 0 Å². The fourth-order valence-corrected chi connectivity index (χ4v) is 1.62. The highest BCUT2D eigenvalue weighted by Gasteiger charge is 2.33. The first kappa shape index (κ1) is 10.2. The van der Waals surface area contributed by atoms with Crippen LogP contribution in [0, 0.1) is 11.7 Å². The molecule has 0 saturated carbocycles. The molecular formula is C10H11FN2O2. The number of aromatic nitrogens is 1. The second-order valence-electron chi connectivity index (χ2n) is 3.53. The highest BCUT2D eigenvalue weighted by molar-refractivity contribution is 5.98. The van der Waals surface area contributed by atoms with Gasteiger partial charge in [0.15, 0.2) is 11.6 Å². The maximum atomic E-state index is 13.3. The largest absolute Gasteiger partial charge is 0.379 e. The van der Waals surface area contributed by atoms with E-state index < -0.39 is 11.7 Å². The standard InChI is InChI=1S/C10H11FN2O2/c11-8-3-13-2-1-6(8)10(14)7-4-15-5-9(7)12/h1-3,7,9H,4-5,12H2. The number of ketones is 1. The Balaban J connectivity index is 2.24. The number of nitrogens with zero attached hydrogens (tertiary/aromatic N) is 1. The van der Waals surface area contributed by atoms with E-state index in [4.69, 9.17) is 10.5 Å². The minimum Gasteiger partial charge on any atom is -0.379 e. The van der Waals surface area contributed by atoms with Crippen molar-refractivity contribution in [3.8, 4) is 0 Å². The van der Waals surface area contributed by atoms with Crippen LogP contribution in [0.2, 0.25) is 0 Å². The molecule has 0 amide bonds.